The summed E-state index contributed by atoms with van der Waals surface area (Å²) in [6.45, 7) is 2.83. The van der Waals surface area contributed by atoms with Crippen molar-refractivity contribution in [2.45, 2.75) is 64.3 Å². The largest absolute Gasteiger partial charge is 0.350 e. The zero-order valence-electron chi connectivity index (χ0n) is 15.7. The molecule has 2 atom stereocenters. The van der Waals surface area contributed by atoms with E-state index in [0.717, 1.165) is 24.9 Å². The fourth-order valence-corrected chi connectivity index (χ4v) is 4.12. The van der Waals surface area contributed by atoms with Crippen LogP contribution < -0.4 is 5.32 Å². The zero-order valence-corrected chi connectivity index (χ0v) is 15.7. The van der Waals surface area contributed by atoms with E-state index in [1.165, 1.54) is 25.0 Å². The molecule has 0 radical (unpaired) electrons. The Morgan fingerprint density at radius 1 is 1.15 bits per heavy atom. The monoisotopic (exact) mass is 354 g/mol. The molecule has 26 heavy (non-hydrogen) atoms. The maximum atomic E-state index is 12.6. The van der Waals surface area contributed by atoms with Gasteiger partial charge < -0.3 is 10.2 Å². The van der Waals surface area contributed by atoms with Gasteiger partial charge >= 0.3 is 0 Å². The average Bonchev–Trinajstić information content (AvgIpc) is 2.68. The highest BCUT2D eigenvalue weighted by Crippen LogP contribution is 2.35. The lowest BCUT2D eigenvalue weighted by Gasteiger charge is -2.38. The minimum absolute atomic E-state index is 0.00496. The van der Waals surface area contributed by atoms with E-state index in [-0.39, 0.29) is 17.9 Å². The molecule has 0 aromatic heterocycles. The van der Waals surface area contributed by atoms with Crippen LogP contribution in [0.4, 0.5) is 0 Å². The molecule has 1 aromatic carbocycles. The summed E-state index contributed by atoms with van der Waals surface area (Å²) in [4.78, 5) is 26.8. The highest BCUT2D eigenvalue weighted by Gasteiger charge is 2.29. The third-order valence-electron chi connectivity index (χ3n) is 5.55. The van der Waals surface area contributed by atoms with Gasteiger partial charge in [0.2, 0.25) is 11.8 Å². The Hall–Kier alpha value is -2.10. The van der Waals surface area contributed by atoms with Crippen molar-refractivity contribution in [3.05, 3.63) is 47.7 Å². The van der Waals surface area contributed by atoms with Crippen molar-refractivity contribution in [2.75, 3.05) is 6.54 Å². The van der Waals surface area contributed by atoms with E-state index in [9.17, 15) is 9.59 Å². The van der Waals surface area contributed by atoms with Gasteiger partial charge in [-0.1, -0.05) is 36.4 Å². The predicted octanol–water partition coefficient (Wildman–Crippen LogP) is 4.34. The molecule has 0 saturated carbocycles. The van der Waals surface area contributed by atoms with E-state index in [0.29, 0.717) is 25.2 Å². The Kier molecular flexibility index (Phi) is 6.48. The number of nitrogens with zero attached hydrogens (tertiary/aromatic N) is 1. The molecule has 1 fully saturated rings. The van der Waals surface area contributed by atoms with Crippen LogP contribution in [-0.2, 0) is 9.59 Å². The summed E-state index contributed by atoms with van der Waals surface area (Å²) in [6, 6.07) is 9.94. The molecule has 1 unspecified atom stereocenters. The molecule has 4 heteroatoms. The number of nitrogens with one attached hydrogen (secondary N) is 1. The van der Waals surface area contributed by atoms with Gasteiger partial charge in [0.1, 0.15) is 0 Å². The van der Waals surface area contributed by atoms with Gasteiger partial charge in [0.15, 0.2) is 0 Å². The molecule has 1 N–H and O–H groups in total. The second-order valence-corrected chi connectivity index (χ2v) is 7.50. The molecule has 2 aliphatic rings. The molecule has 1 aliphatic carbocycles. The molecule has 140 valence electrons. The number of likely N-dealkylation sites (tertiary alicyclic amines) is 1. The fourth-order valence-electron chi connectivity index (χ4n) is 4.12. The lowest BCUT2D eigenvalue weighted by Crippen LogP contribution is -2.39. The molecule has 0 spiro atoms. The summed E-state index contributed by atoms with van der Waals surface area (Å²) in [5.74, 6) is 0.783. The van der Waals surface area contributed by atoms with Gasteiger partial charge in [-0.3, -0.25) is 9.59 Å². The molecular weight excluding hydrogens is 324 g/mol. The Bertz CT molecular complexity index is 653. The smallest absolute Gasteiger partial charge is 0.226 e. The lowest BCUT2D eigenvalue weighted by molar-refractivity contribution is -0.130. The lowest BCUT2D eigenvalue weighted by atomic mass is 9.85. The van der Waals surface area contributed by atoms with E-state index < -0.39 is 0 Å². The van der Waals surface area contributed by atoms with Crippen LogP contribution in [0.5, 0.6) is 0 Å². The van der Waals surface area contributed by atoms with Crippen LogP contribution in [0.15, 0.2) is 42.1 Å². The van der Waals surface area contributed by atoms with Crippen LogP contribution in [0.25, 0.3) is 0 Å². The number of hydrogen-bond acceptors (Lipinski definition) is 2. The zero-order chi connectivity index (χ0) is 18.4. The first-order valence-electron chi connectivity index (χ1n) is 10.00. The number of allylic oxidation sites excluding steroid dienone is 2. The van der Waals surface area contributed by atoms with Crippen molar-refractivity contribution in [3.8, 4) is 0 Å². The average molecular weight is 354 g/mol. The Morgan fingerprint density at radius 2 is 1.92 bits per heavy atom. The summed E-state index contributed by atoms with van der Waals surface area (Å²) >= 11 is 0. The third-order valence-corrected chi connectivity index (χ3v) is 5.55. The van der Waals surface area contributed by atoms with Gasteiger partial charge in [0, 0.05) is 25.1 Å². The number of carbonyl (C=O) groups excluding carboxylic acids is 2. The van der Waals surface area contributed by atoms with Gasteiger partial charge in [-0.25, -0.2) is 0 Å². The molecule has 1 saturated heterocycles. The molecule has 1 aliphatic heterocycles. The molecule has 3 rings (SSSR count). The van der Waals surface area contributed by atoms with Gasteiger partial charge in [0.25, 0.3) is 0 Å². The summed E-state index contributed by atoms with van der Waals surface area (Å²) in [5.41, 5.74) is 2.36. The first kappa shape index (κ1) is 18.7. The van der Waals surface area contributed by atoms with E-state index >= 15 is 0 Å². The van der Waals surface area contributed by atoms with Crippen molar-refractivity contribution < 1.29 is 9.59 Å². The maximum absolute atomic E-state index is 12.6. The SMILES string of the molecule is C[C@@H](NC(=O)CCCC(=O)N1CCCC2CCCC=C21)c1ccccc1. The molecular formula is C22H30N2O2. The van der Waals surface area contributed by atoms with E-state index in [2.05, 4.69) is 11.4 Å². The van der Waals surface area contributed by atoms with Crippen molar-refractivity contribution in [3.63, 3.8) is 0 Å². The highest BCUT2D eigenvalue weighted by molar-refractivity contribution is 5.80. The molecule has 1 heterocycles. The first-order valence-corrected chi connectivity index (χ1v) is 10.00. The van der Waals surface area contributed by atoms with Crippen molar-refractivity contribution in [1.29, 1.82) is 0 Å². The maximum Gasteiger partial charge on any atom is 0.226 e. The molecule has 1 aromatic rings. The van der Waals surface area contributed by atoms with Gasteiger partial charge in [0.05, 0.1) is 6.04 Å². The first-order chi connectivity index (χ1) is 12.6. The Morgan fingerprint density at radius 3 is 2.73 bits per heavy atom. The minimum Gasteiger partial charge on any atom is -0.350 e. The minimum atomic E-state index is -0.00496. The standard InChI is InChI=1S/C22H30N2O2/c1-17(18-9-3-2-4-10-18)23-21(25)14-7-15-22(26)24-16-8-12-19-11-5-6-13-20(19)24/h2-4,9-10,13,17,19H,5-8,11-12,14-16H2,1H3,(H,23,25)/t17-,19?/m1/s1. The number of carbonyl (C=O) groups is 2. The number of fused-ring (bicyclic) bond motifs is 1. The van der Waals surface area contributed by atoms with Crippen LogP contribution in [0, 0.1) is 5.92 Å². The Labute approximate surface area is 156 Å². The van der Waals surface area contributed by atoms with Crippen LogP contribution in [0.3, 0.4) is 0 Å². The van der Waals surface area contributed by atoms with Crippen molar-refractivity contribution in [1.82, 2.24) is 10.2 Å². The summed E-state index contributed by atoms with van der Waals surface area (Å²) in [5, 5.41) is 3.02. The fraction of sp³-hybridized carbons (Fsp3) is 0.545. The third kappa shape index (κ3) is 4.75. The van der Waals surface area contributed by atoms with E-state index in [1.54, 1.807) is 0 Å². The molecule has 4 nitrogen and oxygen atoms in total. The van der Waals surface area contributed by atoms with Gasteiger partial charge in [-0.05, 0) is 56.9 Å². The quantitative estimate of drug-likeness (QED) is 0.826. The van der Waals surface area contributed by atoms with Gasteiger partial charge in [-0.2, -0.15) is 0 Å². The summed E-state index contributed by atoms with van der Waals surface area (Å²) in [7, 11) is 0. The van der Waals surface area contributed by atoms with Crippen LogP contribution in [0.2, 0.25) is 0 Å². The van der Waals surface area contributed by atoms with Crippen molar-refractivity contribution in [2.24, 2.45) is 5.92 Å². The van der Waals surface area contributed by atoms with E-state index in [4.69, 9.17) is 0 Å². The van der Waals surface area contributed by atoms with E-state index in [1.807, 2.05) is 42.2 Å². The van der Waals surface area contributed by atoms with Crippen LogP contribution >= 0.6 is 0 Å². The number of amides is 2. The highest BCUT2D eigenvalue weighted by atomic mass is 16.2. The molecule has 2 amide bonds. The number of rotatable bonds is 6. The predicted molar refractivity (Wildman–Crippen MR) is 103 cm³/mol. The number of hydrogen-bond donors (Lipinski definition) is 1. The number of benzene rings is 1. The Balaban J connectivity index is 1.43. The summed E-state index contributed by atoms with van der Waals surface area (Å²) in [6.07, 6.45) is 9.61. The van der Waals surface area contributed by atoms with Crippen LogP contribution in [0.1, 0.15) is 69.9 Å². The number of piperidine rings is 1. The second kappa shape index (κ2) is 9.02. The topological polar surface area (TPSA) is 49.4 Å². The normalized spacial score (nSPS) is 20.7. The van der Waals surface area contributed by atoms with Crippen LogP contribution in [-0.4, -0.2) is 23.3 Å². The molecule has 0 bridgehead atoms. The van der Waals surface area contributed by atoms with Crippen molar-refractivity contribution >= 4 is 11.8 Å². The second-order valence-electron chi connectivity index (χ2n) is 7.50. The summed E-state index contributed by atoms with van der Waals surface area (Å²) < 4.78 is 0. The van der Waals surface area contributed by atoms with Gasteiger partial charge in [-0.15, -0.1) is 0 Å².